The van der Waals surface area contributed by atoms with E-state index in [0.29, 0.717) is 33.6 Å². The van der Waals surface area contributed by atoms with Crippen molar-refractivity contribution in [2.24, 2.45) is 0 Å². The predicted octanol–water partition coefficient (Wildman–Crippen LogP) is 6.10. The van der Waals surface area contributed by atoms with Crippen LogP contribution in [0.4, 0.5) is 5.69 Å². The molecule has 1 amide bonds. The van der Waals surface area contributed by atoms with Crippen LogP contribution in [0.1, 0.15) is 29.2 Å². The SMILES string of the molecule is CCOc1cc(/C=C2\SC(Nc3cc(Cl)ccc3C)NC2=O)ccc1OCc1ccccc1C#N. The molecule has 1 aliphatic rings. The van der Waals surface area contributed by atoms with Crippen LogP contribution in [-0.2, 0) is 11.4 Å². The van der Waals surface area contributed by atoms with Crippen LogP contribution in [0.2, 0.25) is 5.02 Å². The molecular weight excluding hydrogens is 482 g/mol. The van der Waals surface area contributed by atoms with E-state index in [1.165, 1.54) is 11.8 Å². The van der Waals surface area contributed by atoms with Crippen LogP contribution in [0.3, 0.4) is 0 Å². The van der Waals surface area contributed by atoms with Gasteiger partial charge in [-0.15, -0.1) is 0 Å². The molecule has 178 valence electrons. The smallest absolute Gasteiger partial charge is 0.260 e. The van der Waals surface area contributed by atoms with Crippen LogP contribution in [0, 0.1) is 18.3 Å². The van der Waals surface area contributed by atoms with Gasteiger partial charge in [-0.05, 0) is 61.4 Å². The van der Waals surface area contributed by atoms with Crippen molar-refractivity contribution in [2.45, 2.75) is 26.0 Å². The van der Waals surface area contributed by atoms with Crippen molar-refractivity contribution < 1.29 is 14.3 Å². The monoisotopic (exact) mass is 505 g/mol. The molecule has 0 saturated carbocycles. The lowest BCUT2D eigenvalue weighted by Gasteiger charge is -2.15. The number of benzene rings is 3. The zero-order valence-corrected chi connectivity index (χ0v) is 20.9. The van der Waals surface area contributed by atoms with Crippen LogP contribution in [0.25, 0.3) is 6.08 Å². The highest BCUT2D eigenvalue weighted by atomic mass is 35.5. The Morgan fingerprint density at radius 1 is 1.14 bits per heavy atom. The minimum absolute atomic E-state index is 0.154. The average Bonchev–Trinajstić information content (AvgIpc) is 3.19. The summed E-state index contributed by atoms with van der Waals surface area (Å²) in [6.07, 6.45) is 1.82. The molecule has 6 nitrogen and oxygen atoms in total. The number of thioether (sulfide) groups is 1. The average molecular weight is 506 g/mol. The molecule has 4 rings (SSSR count). The summed E-state index contributed by atoms with van der Waals surface area (Å²) < 4.78 is 11.8. The maximum atomic E-state index is 12.6. The van der Waals surface area contributed by atoms with Crippen LogP contribution in [0.15, 0.2) is 65.6 Å². The van der Waals surface area contributed by atoms with Gasteiger partial charge in [-0.1, -0.05) is 53.7 Å². The number of ether oxygens (including phenoxy) is 2. The van der Waals surface area contributed by atoms with Crippen molar-refractivity contribution in [3.05, 3.63) is 92.8 Å². The lowest BCUT2D eigenvalue weighted by molar-refractivity contribution is -0.116. The fraction of sp³-hybridized carbons (Fsp3) is 0.185. The van der Waals surface area contributed by atoms with Crippen molar-refractivity contribution in [1.29, 1.82) is 5.26 Å². The summed E-state index contributed by atoms with van der Waals surface area (Å²) in [6.45, 7) is 4.59. The quantitative estimate of drug-likeness (QED) is 0.360. The molecule has 0 aliphatic carbocycles. The van der Waals surface area contributed by atoms with E-state index in [0.717, 1.165) is 22.4 Å². The summed E-state index contributed by atoms with van der Waals surface area (Å²) in [5.74, 6) is 0.990. The normalized spacial score (nSPS) is 16.0. The van der Waals surface area contributed by atoms with Gasteiger partial charge in [0.1, 0.15) is 6.61 Å². The zero-order chi connectivity index (χ0) is 24.8. The van der Waals surface area contributed by atoms with Gasteiger partial charge in [-0.25, -0.2) is 0 Å². The third kappa shape index (κ3) is 6.10. The number of nitrogens with one attached hydrogen (secondary N) is 2. The second-order valence-corrected chi connectivity index (χ2v) is 9.36. The minimum Gasteiger partial charge on any atom is -0.490 e. The molecular formula is C27H24ClN3O3S. The number of hydrogen-bond acceptors (Lipinski definition) is 6. The maximum absolute atomic E-state index is 12.6. The van der Waals surface area contributed by atoms with E-state index >= 15 is 0 Å². The van der Waals surface area contributed by atoms with Gasteiger partial charge in [0.05, 0.1) is 23.1 Å². The van der Waals surface area contributed by atoms with Gasteiger partial charge in [-0.3, -0.25) is 4.79 Å². The van der Waals surface area contributed by atoms with E-state index in [-0.39, 0.29) is 18.0 Å². The van der Waals surface area contributed by atoms with Crippen molar-refractivity contribution >= 4 is 41.0 Å². The van der Waals surface area contributed by atoms with E-state index in [2.05, 4.69) is 16.7 Å². The number of aryl methyl sites for hydroxylation is 1. The Labute approximate surface area is 213 Å². The highest BCUT2D eigenvalue weighted by Gasteiger charge is 2.27. The molecule has 1 heterocycles. The third-order valence-electron chi connectivity index (χ3n) is 5.30. The topological polar surface area (TPSA) is 83.4 Å². The fourth-order valence-electron chi connectivity index (χ4n) is 3.52. The van der Waals surface area contributed by atoms with E-state index in [1.54, 1.807) is 6.07 Å². The van der Waals surface area contributed by atoms with Gasteiger partial charge in [0.2, 0.25) is 0 Å². The van der Waals surface area contributed by atoms with Crippen LogP contribution in [0.5, 0.6) is 11.5 Å². The molecule has 3 aromatic rings. The van der Waals surface area contributed by atoms with E-state index < -0.39 is 0 Å². The fourth-order valence-corrected chi connectivity index (χ4v) is 4.67. The highest BCUT2D eigenvalue weighted by molar-refractivity contribution is 8.05. The molecule has 0 radical (unpaired) electrons. The number of hydrogen-bond donors (Lipinski definition) is 2. The lowest BCUT2D eigenvalue weighted by Crippen LogP contribution is -2.31. The van der Waals surface area contributed by atoms with Gasteiger partial charge >= 0.3 is 0 Å². The Bertz CT molecular complexity index is 1320. The Kier molecular flexibility index (Phi) is 7.86. The molecule has 0 spiro atoms. The Balaban J connectivity index is 1.49. The Morgan fingerprint density at radius 2 is 1.97 bits per heavy atom. The van der Waals surface area contributed by atoms with Crippen molar-refractivity contribution in [3.8, 4) is 17.6 Å². The molecule has 0 bridgehead atoms. The van der Waals surface area contributed by atoms with E-state index in [9.17, 15) is 10.1 Å². The predicted molar refractivity (Wildman–Crippen MR) is 140 cm³/mol. The molecule has 0 aromatic heterocycles. The van der Waals surface area contributed by atoms with Crippen LogP contribution < -0.4 is 20.1 Å². The molecule has 1 atom stereocenters. The molecule has 8 heteroatoms. The first kappa shape index (κ1) is 24.5. The molecule has 1 saturated heterocycles. The molecule has 35 heavy (non-hydrogen) atoms. The lowest BCUT2D eigenvalue weighted by atomic mass is 10.1. The molecule has 2 N–H and O–H groups in total. The largest absolute Gasteiger partial charge is 0.490 e. The summed E-state index contributed by atoms with van der Waals surface area (Å²) in [5, 5.41) is 16.2. The molecule has 3 aromatic carbocycles. The van der Waals surface area contributed by atoms with Gasteiger partial charge < -0.3 is 20.1 Å². The maximum Gasteiger partial charge on any atom is 0.260 e. The van der Waals surface area contributed by atoms with Gasteiger partial charge in [0.25, 0.3) is 5.91 Å². The minimum atomic E-state index is -0.305. The number of nitriles is 1. The molecule has 1 unspecified atom stereocenters. The van der Waals surface area contributed by atoms with Crippen LogP contribution in [-0.4, -0.2) is 18.0 Å². The first-order valence-electron chi connectivity index (χ1n) is 11.1. The van der Waals surface area contributed by atoms with E-state index in [1.807, 2.05) is 74.5 Å². The number of rotatable bonds is 8. The second kappa shape index (κ2) is 11.2. The first-order chi connectivity index (χ1) is 17.0. The van der Waals surface area contributed by atoms with E-state index in [4.69, 9.17) is 21.1 Å². The number of nitrogens with zero attached hydrogens (tertiary/aromatic N) is 1. The summed E-state index contributed by atoms with van der Waals surface area (Å²) in [5.41, 5.74) is 3.80. The summed E-state index contributed by atoms with van der Waals surface area (Å²) in [4.78, 5) is 13.2. The highest BCUT2D eigenvalue weighted by Crippen LogP contribution is 2.34. The number of amides is 1. The zero-order valence-electron chi connectivity index (χ0n) is 19.3. The summed E-state index contributed by atoms with van der Waals surface area (Å²) in [7, 11) is 0. The standard InChI is InChI=1S/C27H24ClN3O3S/c1-3-33-24-12-18(9-11-23(24)34-16-20-7-5-4-6-19(20)15-29)13-25-26(32)31-27(35-25)30-22-14-21(28)10-8-17(22)2/h4-14,27,30H,3,16H2,1-2H3,(H,31,32)/b25-13-. The molecule has 1 fully saturated rings. The Hall–Kier alpha value is -3.60. The summed E-state index contributed by atoms with van der Waals surface area (Å²) >= 11 is 7.51. The first-order valence-corrected chi connectivity index (χ1v) is 12.3. The van der Waals surface area contributed by atoms with Gasteiger partial charge in [0.15, 0.2) is 17.0 Å². The Morgan fingerprint density at radius 3 is 2.77 bits per heavy atom. The van der Waals surface area contributed by atoms with Crippen molar-refractivity contribution in [2.75, 3.05) is 11.9 Å². The number of carbonyl (C=O) groups is 1. The molecule has 1 aliphatic heterocycles. The van der Waals surface area contributed by atoms with Gasteiger partial charge in [-0.2, -0.15) is 5.26 Å². The van der Waals surface area contributed by atoms with Gasteiger partial charge in [0, 0.05) is 16.3 Å². The van der Waals surface area contributed by atoms with Crippen molar-refractivity contribution in [3.63, 3.8) is 0 Å². The third-order valence-corrected chi connectivity index (χ3v) is 6.57. The number of anilines is 1. The number of carbonyl (C=O) groups excluding carboxylic acids is 1. The summed E-state index contributed by atoms with van der Waals surface area (Å²) in [6, 6.07) is 20.6. The van der Waals surface area contributed by atoms with Crippen LogP contribution >= 0.6 is 23.4 Å². The second-order valence-electron chi connectivity index (χ2n) is 7.78. The van der Waals surface area contributed by atoms with Crippen molar-refractivity contribution in [1.82, 2.24) is 5.32 Å². The number of halogens is 1.